The summed E-state index contributed by atoms with van der Waals surface area (Å²) in [5, 5.41) is 9.82. The molecule has 19 heavy (non-hydrogen) atoms. The van der Waals surface area contributed by atoms with E-state index in [4.69, 9.17) is 0 Å². The average Bonchev–Trinajstić information content (AvgIpc) is 2.29. The Bertz CT molecular complexity index is 455. The highest BCUT2D eigenvalue weighted by Gasteiger charge is 2.30. The van der Waals surface area contributed by atoms with Gasteiger partial charge in [0, 0.05) is 12.3 Å². The molecule has 2 rings (SSSR count). The molecule has 0 spiro atoms. The molecule has 0 saturated carbocycles. The van der Waals surface area contributed by atoms with Crippen molar-refractivity contribution in [3.63, 3.8) is 0 Å². The van der Waals surface area contributed by atoms with E-state index in [0.717, 1.165) is 30.4 Å². The van der Waals surface area contributed by atoms with Gasteiger partial charge in [0.25, 0.3) is 0 Å². The minimum atomic E-state index is -0.888. The molecule has 2 aliphatic carbocycles. The Balaban J connectivity index is 1.92. The van der Waals surface area contributed by atoms with Crippen LogP contribution >= 0.6 is 0 Å². The van der Waals surface area contributed by atoms with Crippen LogP contribution in [0.4, 0.5) is 0 Å². The van der Waals surface area contributed by atoms with Gasteiger partial charge < -0.3 is 5.11 Å². The van der Waals surface area contributed by atoms with Crippen molar-refractivity contribution < 1.29 is 14.7 Å². The summed E-state index contributed by atoms with van der Waals surface area (Å²) in [4.78, 5) is 23.7. The lowest BCUT2D eigenvalue weighted by Gasteiger charge is -2.27. The lowest BCUT2D eigenvalue weighted by atomic mass is 9.81. The van der Waals surface area contributed by atoms with Crippen LogP contribution in [-0.4, -0.2) is 22.3 Å². The third-order valence-corrected chi connectivity index (χ3v) is 4.13. The maximum atomic E-state index is 11.9. The Labute approximate surface area is 114 Å². The Morgan fingerprint density at radius 2 is 2.16 bits per heavy atom. The molecule has 0 aromatic heterocycles. The third kappa shape index (κ3) is 3.63. The summed E-state index contributed by atoms with van der Waals surface area (Å²) in [6.45, 7) is 3.68. The number of aliphatic hydroxyl groups is 1. The minimum Gasteiger partial charge on any atom is -0.389 e. The van der Waals surface area contributed by atoms with Crippen molar-refractivity contribution in [2.45, 2.75) is 58.0 Å². The first-order valence-electron chi connectivity index (χ1n) is 7.03. The Kier molecular flexibility index (Phi) is 4.04. The first-order chi connectivity index (χ1) is 8.87. The van der Waals surface area contributed by atoms with Crippen LogP contribution in [0, 0.1) is 5.92 Å². The first-order valence-corrected chi connectivity index (χ1v) is 7.03. The minimum absolute atomic E-state index is 0.0335. The summed E-state index contributed by atoms with van der Waals surface area (Å²) in [6.07, 6.45) is 7.64. The molecule has 0 saturated heterocycles. The fraction of sp³-hybridized carbons (Fsp3) is 0.625. The van der Waals surface area contributed by atoms with E-state index >= 15 is 0 Å². The predicted octanol–water partition coefficient (Wildman–Crippen LogP) is 2.73. The second-order valence-electron chi connectivity index (χ2n) is 6.20. The predicted molar refractivity (Wildman–Crippen MR) is 73.7 cm³/mol. The number of hydrogen-bond acceptors (Lipinski definition) is 3. The van der Waals surface area contributed by atoms with Gasteiger partial charge in [-0.2, -0.15) is 0 Å². The summed E-state index contributed by atoms with van der Waals surface area (Å²) in [5.74, 6) is 0.311. The second kappa shape index (κ2) is 5.41. The number of allylic oxidation sites excluding steroid dienone is 3. The van der Waals surface area contributed by atoms with Gasteiger partial charge in [0.15, 0.2) is 11.6 Å². The van der Waals surface area contributed by atoms with E-state index in [-0.39, 0.29) is 23.9 Å². The van der Waals surface area contributed by atoms with E-state index in [1.54, 1.807) is 13.0 Å². The van der Waals surface area contributed by atoms with Crippen molar-refractivity contribution in [3.05, 3.63) is 23.3 Å². The van der Waals surface area contributed by atoms with Gasteiger partial charge in [0.1, 0.15) is 0 Å². The number of ketones is 2. The first kappa shape index (κ1) is 14.2. The Morgan fingerprint density at radius 3 is 2.79 bits per heavy atom. The van der Waals surface area contributed by atoms with Crippen LogP contribution in [0.5, 0.6) is 0 Å². The van der Waals surface area contributed by atoms with Crippen molar-refractivity contribution in [1.29, 1.82) is 0 Å². The SMILES string of the molecule is CC1=CC(=O)C(CCC2=CCC(C)(O)CC2=O)CC1. The highest BCUT2D eigenvalue weighted by Crippen LogP contribution is 2.30. The van der Waals surface area contributed by atoms with Crippen molar-refractivity contribution >= 4 is 11.6 Å². The van der Waals surface area contributed by atoms with Crippen LogP contribution in [0.3, 0.4) is 0 Å². The molecule has 0 bridgehead atoms. The number of hydrogen-bond donors (Lipinski definition) is 1. The van der Waals surface area contributed by atoms with Crippen LogP contribution in [0.25, 0.3) is 0 Å². The largest absolute Gasteiger partial charge is 0.389 e. The standard InChI is InChI=1S/C16H22O3/c1-11-3-4-12(14(17)9-11)5-6-13-7-8-16(2,19)10-15(13)18/h7,9,12,19H,3-6,8,10H2,1-2H3. The number of Topliss-reactive ketones (excluding diaryl/α,β-unsaturated/α-hetero) is 1. The lowest BCUT2D eigenvalue weighted by molar-refractivity contribution is -0.122. The molecule has 0 aromatic rings. The average molecular weight is 262 g/mol. The smallest absolute Gasteiger partial charge is 0.161 e. The lowest BCUT2D eigenvalue weighted by Crippen LogP contribution is -2.31. The summed E-state index contributed by atoms with van der Waals surface area (Å²) in [5.41, 5.74) is 1.07. The van der Waals surface area contributed by atoms with Crippen molar-refractivity contribution in [2.24, 2.45) is 5.92 Å². The van der Waals surface area contributed by atoms with E-state index in [2.05, 4.69) is 0 Å². The van der Waals surface area contributed by atoms with E-state index in [1.807, 2.05) is 13.0 Å². The van der Waals surface area contributed by atoms with Gasteiger partial charge in [-0.05, 0) is 57.6 Å². The molecule has 0 amide bonds. The molecule has 3 nitrogen and oxygen atoms in total. The molecule has 0 aliphatic heterocycles. The molecule has 3 heteroatoms. The van der Waals surface area contributed by atoms with Crippen LogP contribution in [0.15, 0.2) is 23.3 Å². The second-order valence-corrected chi connectivity index (χ2v) is 6.20. The van der Waals surface area contributed by atoms with E-state index in [0.29, 0.717) is 12.8 Å². The molecular weight excluding hydrogens is 240 g/mol. The quantitative estimate of drug-likeness (QED) is 0.850. The van der Waals surface area contributed by atoms with Crippen LogP contribution < -0.4 is 0 Å². The molecule has 0 heterocycles. The van der Waals surface area contributed by atoms with Gasteiger partial charge in [0.05, 0.1) is 5.60 Å². The molecule has 0 fully saturated rings. The van der Waals surface area contributed by atoms with Gasteiger partial charge >= 0.3 is 0 Å². The summed E-state index contributed by atoms with van der Waals surface area (Å²) in [7, 11) is 0. The fourth-order valence-corrected chi connectivity index (χ4v) is 2.82. The highest BCUT2D eigenvalue weighted by atomic mass is 16.3. The van der Waals surface area contributed by atoms with Crippen LogP contribution in [0.1, 0.15) is 52.4 Å². The summed E-state index contributed by atoms with van der Waals surface area (Å²) in [6, 6.07) is 0. The zero-order valence-corrected chi connectivity index (χ0v) is 11.7. The third-order valence-electron chi connectivity index (χ3n) is 4.13. The van der Waals surface area contributed by atoms with Gasteiger partial charge in [-0.1, -0.05) is 11.6 Å². The molecule has 2 atom stereocenters. The van der Waals surface area contributed by atoms with Gasteiger partial charge in [-0.3, -0.25) is 9.59 Å². The maximum Gasteiger partial charge on any atom is 0.161 e. The summed E-state index contributed by atoms with van der Waals surface area (Å²) >= 11 is 0. The number of rotatable bonds is 3. The molecule has 2 unspecified atom stereocenters. The van der Waals surface area contributed by atoms with Crippen molar-refractivity contribution in [1.82, 2.24) is 0 Å². The molecule has 2 aliphatic rings. The monoisotopic (exact) mass is 262 g/mol. The van der Waals surface area contributed by atoms with E-state index in [9.17, 15) is 14.7 Å². The topological polar surface area (TPSA) is 54.4 Å². The van der Waals surface area contributed by atoms with Crippen molar-refractivity contribution in [3.8, 4) is 0 Å². The van der Waals surface area contributed by atoms with Crippen LogP contribution in [-0.2, 0) is 9.59 Å². The highest BCUT2D eigenvalue weighted by molar-refractivity contribution is 5.97. The molecule has 1 N–H and O–H groups in total. The normalized spacial score (nSPS) is 32.1. The molecule has 0 radical (unpaired) electrons. The molecule has 0 aromatic carbocycles. The van der Waals surface area contributed by atoms with Gasteiger partial charge in [0.2, 0.25) is 0 Å². The maximum absolute atomic E-state index is 11.9. The zero-order valence-electron chi connectivity index (χ0n) is 11.7. The zero-order chi connectivity index (χ0) is 14.0. The van der Waals surface area contributed by atoms with Crippen LogP contribution in [0.2, 0.25) is 0 Å². The van der Waals surface area contributed by atoms with Crippen molar-refractivity contribution in [2.75, 3.05) is 0 Å². The summed E-state index contributed by atoms with van der Waals surface area (Å²) < 4.78 is 0. The van der Waals surface area contributed by atoms with Gasteiger partial charge in [-0.25, -0.2) is 0 Å². The molecule has 104 valence electrons. The number of carbonyl (C=O) groups is 2. The van der Waals surface area contributed by atoms with E-state index in [1.165, 1.54) is 0 Å². The Morgan fingerprint density at radius 1 is 1.42 bits per heavy atom. The van der Waals surface area contributed by atoms with E-state index < -0.39 is 5.60 Å². The number of carbonyl (C=O) groups excluding carboxylic acids is 2. The van der Waals surface area contributed by atoms with Gasteiger partial charge in [-0.15, -0.1) is 0 Å². The Hall–Kier alpha value is -1.22. The molecular formula is C16H22O3. The fourth-order valence-electron chi connectivity index (χ4n) is 2.82.